The van der Waals surface area contributed by atoms with Gasteiger partial charge in [0.05, 0.1) is 17.2 Å². The van der Waals surface area contributed by atoms with Crippen LogP contribution in [0.15, 0.2) is 48.7 Å². The van der Waals surface area contributed by atoms with Crippen LogP contribution in [-0.4, -0.2) is 53.6 Å². The zero-order chi connectivity index (χ0) is 19.5. The number of rotatable bonds is 4. The number of aromatic nitrogens is 2. The van der Waals surface area contributed by atoms with Crippen LogP contribution >= 0.6 is 0 Å². The molecule has 0 bridgehead atoms. The first-order chi connectivity index (χ1) is 13.6. The zero-order valence-corrected chi connectivity index (χ0v) is 16.3. The van der Waals surface area contributed by atoms with Crippen molar-refractivity contribution < 1.29 is 9.53 Å². The fourth-order valence-corrected chi connectivity index (χ4v) is 3.48. The maximum atomic E-state index is 12.5. The van der Waals surface area contributed by atoms with E-state index in [9.17, 15) is 4.79 Å². The number of hydrogen-bond acceptors (Lipinski definition) is 5. The first kappa shape index (κ1) is 18.2. The van der Waals surface area contributed by atoms with E-state index in [0.717, 1.165) is 41.3 Å². The van der Waals surface area contributed by atoms with Crippen molar-refractivity contribution in [3.8, 4) is 5.75 Å². The summed E-state index contributed by atoms with van der Waals surface area (Å²) in [5.74, 6) is 1.64. The van der Waals surface area contributed by atoms with Crippen LogP contribution in [0, 0.1) is 13.8 Å². The number of amides is 1. The fourth-order valence-electron chi connectivity index (χ4n) is 3.48. The lowest BCUT2D eigenvalue weighted by atomic mass is 10.1. The standard InChI is InChI=1S/C22H24N4O2/c1-16-7-8-20(17(2)13-16)28-15-22(27)26-11-9-25(10-12-26)21-14-23-18-5-3-4-6-19(18)24-21/h3-8,13-14H,9-12,15H2,1-2H3. The molecule has 6 heteroatoms. The minimum Gasteiger partial charge on any atom is -0.484 e. The summed E-state index contributed by atoms with van der Waals surface area (Å²) < 4.78 is 5.74. The van der Waals surface area contributed by atoms with Crippen molar-refractivity contribution in [2.75, 3.05) is 37.7 Å². The molecule has 0 aliphatic carbocycles. The summed E-state index contributed by atoms with van der Waals surface area (Å²) in [5.41, 5.74) is 4.01. The van der Waals surface area contributed by atoms with E-state index in [1.165, 1.54) is 5.56 Å². The third-order valence-corrected chi connectivity index (χ3v) is 5.07. The minimum atomic E-state index is 0.0178. The molecule has 1 saturated heterocycles. The van der Waals surface area contributed by atoms with Crippen molar-refractivity contribution >= 4 is 22.8 Å². The number of ether oxygens (including phenoxy) is 1. The van der Waals surface area contributed by atoms with Crippen LogP contribution in [0.1, 0.15) is 11.1 Å². The van der Waals surface area contributed by atoms with Gasteiger partial charge in [-0.25, -0.2) is 4.98 Å². The van der Waals surface area contributed by atoms with E-state index >= 15 is 0 Å². The first-order valence-corrected chi connectivity index (χ1v) is 9.55. The number of para-hydroxylation sites is 2. The van der Waals surface area contributed by atoms with Crippen LogP contribution < -0.4 is 9.64 Å². The van der Waals surface area contributed by atoms with Crippen molar-refractivity contribution in [3.05, 3.63) is 59.8 Å². The monoisotopic (exact) mass is 376 g/mol. The van der Waals surface area contributed by atoms with Gasteiger partial charge in [0.15, 0.2) is 6.61 Å². The summed E-state index contributed by atoms with van der Waals surface area (Å²) in [6.07, 6.45) is 1.81. The average Bonchev–Trinajstić information content (AvgIpc) is 2.72. The Bertz CT molecular complexity index is 997. The van der Waals surface area contributed by atoms with Crippen molar-refractivity contribution in [2.24, 2.45) is 0 Å². The van der Waals surface area contributed by atoms with Crippen LogP contribution in [0.2, 0.25) is 0 Å². The molecule has 2 heterocycles. The van der Waals surface area contributed by atoms with Crippen LogP contribution in [0.3, 0.4) is 0 Å². The molecule has 1 amide bonds. The number of nitrogens with zero attached hydrogens (tertiary/aromatic N) is 4. The molecule has 28 heavy (non-hydrogen) atoms. The molecule has 0 spiro atoms. The molecule has 1 aliphatic heterocycles. The van der Waals surface area contributed by atoms with E-state index in [2.05, 4.69) is 16.0 Å². The number of aryl methyl sites for hydroxylation is 2. The largest absolute Gasteiger partial charge is 0.484 e. The molecule has 0 radical (unpaired) electrons. The number of carbonyl (C=O) groups is 1. The molecule has 4 rings (SSSR count). The third kappa shape index (κ3) is 3.91. The van der Waals surface area contributed by atoms with Gasteiger partial charge < -0.3 is 14.5 Å². The Hall–Kier alpha value is -3.15. The van der Waals surface area contributed by atoms with Gasteiger partial charge in [0.25, 0.3) is 5.91 Å². The second kappa shape index (κ2) is 7.84. The maximum Gasteiger partial charge on any atom is 0.260 e. The van der Waals surface area contributed by atoms with Crippen LogP contribution in [0.25, 0.3) is 11.0 Å². The lowest BCUT2D eigenvalue weighted by molar-refractivity contribution is -0.133. The fraction of sp³-hybridized carbons (Fsp3) is 0.318. The minimum absolute atomic E-state index is 0.0178. The Morgan fingerprint density at radius 1 is 1.04 bits per heavy atom. The van der Waals surface area contributed by atoms with Gasteiger partial charge in [-0.15, -0.1) is 0 Å². The predicted octanol–water partition coefficient (Wildman–Crippen LogP) is 2.97. The lowest BCUT2D eigenvalue weighted by Crippen LogP contribution is -2.50. The Kier molecular flexibility index (Phi) is 5.10. The van der Waals surface area contributed by atoms with Crippen LogP contribution in [0.4, 0.5) is 5.82 Å². The van der Waals surface area contributed by atoms with Crippen molar-refractivity contribution in [2.45, 2.75) is 13.8 Å². The maximum absolute atomic E-state index is 12.5. The summed E-state index contributed by atoms with van der Waals surface area (Å²) in [6, 6.07) is 13.8. The number of piperazine rings is 1. The highest BCUT2D eigenvalue weighted by atomic mass is 16.5. The van der Waals surface area contributed by atoms with Crippen molar-refractivity contribution in [1.29, 1.82) is 0 Å². The SMILES string of the molecule is Cc1ccc(OCC(=O)N2CCN(c3cnc4ccccc4n3)CC2)c(C)c1. The molecule has 0 saturated carbocycles. The van der Waals surface area contributed by atoms with E-state index in [-0.39, 0.29) is 12.5 Å². The van der Waals surface area contributed by atoms with E-state index in [0.29, 0.717) is 13.1 Å². The summed E-state index contributed by atoms with van der Waals surface area (Å²) in [7, 11) is 0. The third-order valence-electron chi connectivity index (χ3n) is 5.07. The highest BCUT2D eigenvalue weighted by molar-refractivity contribution is 5.78. The Morgan fingerprint density at radius 2 is 1.79 bits per heavy atom. The number of hydrogen-bond donors (Lipinski definition) is 0. The van der Waals surface area contributed by atoms with Crippen molar-refractivity contribution in [1.82, 2.24) is 14.9 Å². The summed E-state index contributed by atoms with van der Waals surface area (Å²) in [6.45, 7) is 6.90. The molecule has 6 nitrogen and oxygen atoms in total. The number of benzene rings is 2. The molecular formula is C22H24N4O2. The molecule has 1 aromatic heterocycles. The highest BCUT2D eigenvalue weighted by Crippen LogP contribution is 2.20. The molecule has 0 N–H and O–H groups in total. The van der Waals surface area contributed by atoms with Gasteiger partial charge in [-0.2, -0.15) is 0 Å². The second-order valence-corrected chi connectivity index (χ2v) is 7.14. The van der Waals surface area contributed by atoms with E-state index in [4.69, 9.17) is 9.72 Å². The molecule has 3 aromatic rings. The van der Waals surface area contributed by atoms with Crippen LogP contribution in [-0.2, 0) is 4.79 Å². The highest BCUT2D eigenvalue weighted by Gasteiger charge is 2.22. The second-order valence-electron chi connectivity index (χ2n) is 7.14. The van der Waals surface area contributed by atoms with Crippen LogP contribution in [0.5, 0.6) is 5.75 Å². The summed E-state index contributed by atoms with van der Waals surface area (Å²) in [5, 5.41) is 0. The Morgan fingerprint density at radius 3 is 2.54 bits per heavy atom. The molecule has 1 aliphatic rings. The number of fused-ring (bicyclic) bond motifs is 1. The summed E-state index contributed by atoms with van der Waals surface area (Å²) >= 11 is 0. The predicted molar refractivity (Wildman–Crippen MR) is 110 cm³/mol. The van der Waals surface area contributed by atoms with E-state index in [1.807, 2.05) is 61.3 Å². The Balaban J connectivity index is 1.33. The lowest BCUT2D eigenvalue weighted by Gasteiger charge is -2.35. The molecular weight excluding hydrogens is 352 g/mol. The molecule has 1 fully saturated rings. The molecule has 144 valence electrons. The topological polar surface area (TPSA) is 58.6 Å². The van der Waals surface area contributed by atoms with Gasteiger partial charge in [0.2, 0.25) is 0 Å². The molecule has 0 atom stereocenters. The zero-order valence-electron chi connectivity index (χ0n) is 16.3. The van der Waals surface area contributed by atoms with Gasteiger partial charge in [0.1, 0.15) is 11.6 Å². The van der Waals surface area contributed by atoms with Gasteiger partial charge in [0, 0.05) is 26.2 Å². The summed E-state index contributed by atoms with van der Waals surface area (Å²) in [4.78, 5) is 25.7. The number of anilines is 1. The average molecular weight is 376 g/mol. The molecule has 0 unspecified atom stereocenters. The Labute approximate surface area is 164 Å². The smallest absolute Gasteiger partial charge is 0.260 e. The molecule has 2 aromatic carbocycles. The quantitative estimate of drug-likeness (QED) is 0.701. The normalized spacial score (nSPS) is 14.4. The van der Waals surface area contributed by atoms with E-state index < -0.39 is 0 Å². The van der Waals surface area contributed by atoms with Gasteiger partial charge in [-0.3, -0.25) is 9.78 Å². The van der Waals surface area contributed by atoms with Gasteiger partial charge in [-0.05, 0) is 37.6 Å². The van der Waals surface area contributed by atoms with Crippen molar-refractivity contribution in [3.63, 3.8) is 0 Å². The number of carbonyl (C=O) groups excluding carboxylic acids is 1. The van der Waals surface area contributed by atoms with Gasteiger partial charge in [-0.1, -0.05) is 29.8 Å². The first-order valence-electron chi connectivity index (χ1n) is 9.55. The van der Waals surface area contributed by atoms with E-state index in [1.54, 1.807) is 0 Å². The van der Waals surface area contributed by atoms with Gasteiger partial charge >= 0.3 is 0 Å².